The molecule has 1 atom stereocenters. The third-order valence-electron chi connectivity index (χ3n) is 2.48. The first-order valence-electron chi connectivity index (χ1n) is 5.29. The van der Waals surface area contributed by atoms with Crippen LogP contribution in [-0.4, -0.2) is 25.8 Å². The number of sulfone groups is 1. The minimum Gasteiger partial charge on any atom is -0.229 e. The summed E-state index contributed by atoms with van der Waals surface area (Å²) in [4.78, 5) is 0. The van der Waals surface area contributed by atoms with Gasteiger partial charge in [0, 0.05) is 11.6 Å². The van der Waals surface area contributed by atoms with Crippen LogP contribution in [0.25, 0.3) is 0 Å². The van der Waals surface area contributed by atoms with E-state index in [0.717, 1.165) is 18.2 Å². The minimum absolute atomic E-state index is 0.274. The molecule has 4 heteroatoms. The summed E-state index contributed by atoms with van der Waals surface area (Å²) >= 11 is 3.45. The predicted molar refractivity (Wildman–Crippen MR) is 71.8 cm³/mol. The van der Waals surface area contributed by atoms with Gasteiger partial charge in [-0.25, -0.2) is 8.42 Å². The third kappa shape index (κ3) is 5.66. The van der Waals surface area contributed by atoms with E-state index in [2.05, 4.69) is 28.1 Å². The van der Waals surface area contributed by atoms with E-state index >= 15 is 0 Å². The van der Waals surface area contributed by atoms with Gasteiger partial charge in [-0.3, -0.25) is 0 Å². The molecule has 0 fully saturated rings. The van der Waals surface area contributed by atoms with Gasteiger partial charge in [0.1, 0.15) is 9.84 Å². The van der Waals surface area contributed by atoms with E-state index in [1.807, 2.05) is 18.2 Å². The van der Waals surface area contributed by atoms with Gasteiger partial charge in [0.25, 0.3) is 0 Å². The second-order valence-electron chi connectivity index (χ2n) is 4.13. The van der Waals surface area contributed by atoms with Crippen molar-refractivity contribution in [2.24, 2.45) is 5.92 Å². The van der Waals surface area contributed by atoms with Crippen LogP contribution in [0.4, 0.5) is 0 Å². The van der Waals surface area contributed by atoms with Crippen LogP contribution in [0.15, 0.2) is 30.3 Å². The number of hydrogen-bond donors (Lipinski definition) is 0. The molecule has 0 bridgehead atoms. The van der Waals surface area contributed by atoms with Gasteiger partial charge >= 0.3 is 0 Å². The van der Waals surface area contributed by atoms with Crippen molar-refractivity contribution in [2.75, 3.05) is 17.3 Å². The molecule has 0 saturated carbocycles. The van der Waals surface area contributed by atoms with Crippen LogP contribution in [0.3, 0.4) is 0 Å². The van der Waals surface area contributed by atoms with Crippen LogP contribution in [0.1, 0.15) is 12.0 Å². The molecule has 0 aliphatic rings. The van der Waals surface area contributed by atoms with Crippen LogP contribution in [0, 0.1) is 5.92 Å². The summed E-state index contributed by atoms with van der Waals surface area (Å²) in [6, 6.07) is 10.2. The molecule has 0 aliphatic heterocycles. The quantitative estimate of drug-likeness (QED) is 0.757. The monoisotopic (exact) mass is 304 g/mol. The summed E-state index contributed by atoms with van der Waals surface area (Å²) in [6.45, 7) is 0. The lowest BCUT2D eigenvalue weighted by molar-refractivity contribution is 0.555. The van der Waals surface area contributed by atoms with E-state index in [1.54, 1.807) is 0 Å². The number of rotatable bonds is 6. The largest absolute Gasteiger partial charge is 0.229 e. The molecule has 0 radical (unpaired) electrons. The first kappa shape index (κ1) is 13.7. The second kappa shape index (κ2) is 6.40. The lowest BCUT2D eigenvalue weighted by atomic mass is 9.99. The fraction of sp³-hybridized carbons (Fsp3) is 0.500. The van der Waals surface area contributed by atoms with Crippen LogP contribution in [-0.2, 0) is 16.3 Å². The lowest BCUT2D eigenvalue weighted by Gasteiger charge is -2.13. The molecule has 0 amide bonds. The molecule has 90 valence electrons. The van der Waals surface area contributed by atoms with Gasteiger partial charge in [0.15, 0.2) is 0 Å². The fourth-order valence-electron chi connectivity index (χ4n) is 1.56. The first-order chi connectivity index (χ1) is 7.51. The van der Waals surface area contributed by atoms with Crippen molar-refractivity contribution < 1.29 is 8.42 Å². The topological polar surface area (TPSA) is 34.1 Å². The molecule has 0 heterocycles. The Morgan fingerprint density at radius 2 is 1.88 bits per heavy atom. The zero-order valence-electron chi connectivity index (χ0n) is 9.40. The van der Waals surface area contributed by atoms with Crippen molar-refractivity contribution in [3.63, 3.8) is 0 Å². The summed E-state index contributed by atoms with van der Waals surface area (Å²) in [5, 5.41) is 0.845. The summed E-state index contributed by atoms with van der Waals surface area (Å²) in [5.41, 5.74) is 1.26. The Kier molecular flexibility index (Phi) is 5.49. The summed E-state index contributed by atoms with van der Waals surface area (Å²) in [5.74, 6) is 0.660. The van der Waals surface area contributed by atoms with Crippen LogP contribution >= 0.6 is 15.9 Å². The zero-order chi connectivity index (χ0) is 12.0. The van der Waals surface area contributed by atoms with Gasteiger partial charge in [-0.15, -0.1) is 0 Å². The molecule has 0 spiro atoms. The molecule has 0 aromatic heterocycles. The molecule has 1 aromatic rings. The molecule has 0 aliphatic carbocycles. The summed E-state index contributed by atoms with van der Waals surface area (Å²) in [6.07, 6.45) is 2.95. The Balaban J connectivity index is 2.50. The van der Waals surface area contributed by atoms with Gasteiger partial charge in [-0.2, -0.15) is 0 Å². The Morgan fingerprint density at radius 3 is 2.38 bits per heavy atom. The normalized spacial score (nSPS) is 13.6. The molecule has 2 nitrogen and oxygen atoms in total. The Bertz CT molecular complexity index is 400. The molecule has 0 saturated heterocycles. The van der Waals surface area contributed by atoms with Gasteiger partial charge < -0.3 is 0 Å². The van der Waals surface area contributed by atoms with Gasteiger partial charge in [-0.1, -0.05) is 46.3 Å². The fourth-order valence-corrected chi connectivity index (χ4v) is 2.88. The van der Waals surface area contributed by atoms with Crippen LogP contribution < -0.4 is 0 Å². The second-order valence-corrected chi connectivity index (χ2v) is 7.04. The van der Waals surface area contributed by atoms with E-state index in [1.165, 1.54) is 11.8 Å². The zero-order valence-corrected chi connectivity index (χ0v) is 11.8. The maximum absolute atomic E-state index is 11.1. The predicted octanol–water partition coefficient (Wildman–Crippen LogP) is 2.67. The molecule has 1 aromatic carbocycles. The van der Waals surface area contributed by atoms with Crippen molar-refractivity contribution in [3.8, 4) is 0 Å². The molecule has 16 heavy (non-hydrogen) atoms. The molecule has 0 N–H and O–H groups in total. The maximum atomic E-state index is 11.1. The summed E-state index contributed by atoms with van der Waals surface area (Å²) in [7, 11) is -2.84. The summed E-state index contributed by atoms with van der Waals surface area (Å²) < 4.78 is 22.2. The van der Waals surface area contributed by atoms with Crippen molar-refractivity contribution >= 4 is 25.8 Å². The highest BCUT2D eigenvalue weighted by Gasteiger charge is 2.11. The van der Waals surface area contributed by atoms with E-state index in [0.29, 0.717) is 5.92 Å². The first-order valence-corrected chi connectivity index (χ1v) is 8.47. The molecular formula is C12H17BrO2S. The van der Waals surface area contributed by atoms with E-state index in [9.17, 15) is 8.42 Å². The average molecular weight is 305 g/mol. The SMILES string of the molecule is CS(=O)(=O)CCC(CBr)Cc1ccccc1. The van der Waals surface area contributed by atoms with Crippen LogP contribution in [0.2, 0.25) is 0 Å². The van der Waals surface area contributed by atoms with Crippen LogP contribution in [0.5, 0.6) is 0 Å². The van der Waals surface area contributed by atoms with Crippen molar-refractivity contribution in [1.29, 1.82) is 0 Å². The molecule has 1 unspecified atom stereocenters. The maximum Gasteiger partial charge on any atom is 0.147 e. The van der Waals surface area contributed by atoms with Crippen molar-refractivity contribution in [3.05, 3.63) is 35.9 Å². The van der Waals surface area contributed by atoms with E-state index in [-0.39, 0.29) is 5.75 Å². The van der Waals surface area contributed by atoms with Gasteiger partial charge in [0.2, 0.25) is 0 Å². The smallest absolute Gasteiger partial charge is 0.147 e. The average Bonchev–Trinajstić information content (AvgIpc) is 2.24. The van der Waals surface area contributed by atoms with Gasteiger partial charge in [-0.05, 0) is 24.3 Å². The number of benzene rings is 1. The highest BCUT2D eigenvalue weighted by Crippen LogP contribution is 2.15. The number of halogens is 1. The molecule has 1 rings (SSSR count). The Morgan fingerprint density at radius 1 is 1.25 bits per heavy atom. The Hall–Kier alpha value is -0.350. The minimum atomic E-state index is -2.84. The van der Waals surface area contributed by atoms with E-state index in [4.69, 9.17) is 0 Å². The molecular weight excluding hydrogens is 288 g/mol. The van der Waals surface area contributed by atoms with Crippen molar-refractivity contribution in [1.82, 2.24) is 0 Å². The lowest BCUT2D eigenvalue weighted by Crippen LogP contribution is -2.13. The third-order valence-corrected chi connectivity index (χ3v) is 4.38. The highest BCUT2D eigenvalue weighted by atomic mass is 79.9. The number of alkyl halides is 1. The van der Waals surface area contributed by atoms with Crippen molar-refractivity contribution in [2.45, 2.75) is 12.8 Å². The standard InChI is InChI=1S/C12H17BrO2S/c1-16(14,15)8-7-12(10-13)9-11-5-3-2-4-6-11/h2-6,12H,7-10H2,1H3. The highest BCUT2D eigenvalue weighted by molar-refractivity contribution is 9.09. The van der Waals surface area contributed by atoms with E-state index < -0.39 is 9.84 Å². The Labute approximate surface area is 106 Å². The number of hydrogen-bond acceptors (Lipinski definition) is 2. The van der Waals surface area contributed by atoms with Gasteiger partial charge in [0.05, 0.1) is 5.75 Å².